The summed E-state index contributed by atoms with van der Waals surface area (Å²) < 4.78 is 5.77. The summed E-state index contributed by atoms with van der Waals surface area (Å²) in [6, 6.07) is 23.7. The molecule has 126 valence electrons. The molecule has 4 heteroatoms. The Morgan fingerprint density at radius 1 is 1.00 bits per heavy atom. The fraction of sp³-hybridized carbons (Fsp3) is 0.0952. The Balaban J connectivity index is 1.59. The Hall–Kier alpha value is -2.78. The standard InChI is InChI=1S/C21H19ClN2O/c1-16-7-10-19(11-8-16)24-23-14-18-9-12-21(20(22)13-18)25-15-17-5-3-2-4-6-17/h2-14,24H,15H2,1H3/b23-14+. The number of hydrogen-bond donors (Lipinski definition) is 1. The number of hydrazone groups is 1. The van der Waals surface area contributed by atoms with Crippen molar-refractivity contribution in [1.82, 2.24) is 0 Å². The first kappa shape index (κ1) is 17.1. The average molecular weight is 351 g/mol. The van der Waals surface area contributed by atoms with Gasteiger partial charge in [0.2, 0.25) is 0 Å². The third kappa shape index (κ3) is 5.10. The van der Waals surface area contributed by atoms with Crippen LogP contribution in [0.4, 0.5) is 5.69 Å². The fourth-order valence-corrected chi connectivity index (χ4v) is 2.50. The first-order chi connectivity index (χ1) is 12.2. The Kier molecular flexibility index (Phi) is 5.70. The van der Waals surface area contributed by atoms with E-state index in [1.165, 1.54) is 5.56 Å². The molecule has 3 aromatic rings. The summed E-state index contributed by atoms with van der Waals surface area (Å²) >= 11 is 6.30. The number of aryl methyl sites for hydroxylation is 1. The summed E-state index contributed by atoms with van der Waals surface area (Å²) in [5.74, 6) is 0.661. The predicted molar refractivity (Wildman–Crippen MR) is 105 cm³/mol. The van der Waals surface area contributed by atoms with Crippen molar-refractivity contribution in [3.8, 4) is 5.75 Å². The Labute approximate surface area is 152 Å². The molecule has 25 heavy (non-hydrogen) atoms. The van der Waals surface area contributed by atoms with Gasteiger partial charge in [-0.1, -0.05) is 59.6 Å². The smallest absolute Gasteiger partial charge is 0.138 e. The van der Waals surface area contributed by atoms with Crippen molar-refractivity contribution in [2.45, 2.75) is 13.5 Å². The zero-order chi connectivity index (χ0) is 17.5. The van der Waals surface area contributed by atoms with Gasteiger partial charge in [0.05, 0.1) is 16.9 Å². The Morgan fingerprint density at radius 2 is 1.76 bits per heavy atom. The lowest BCUT2D eigenvalue weighted by atomic mass is 10.2. The largest absolute Gasteiger partial charge is 0.487 e. The number of ether oxygens (including phenoxy) is 1. The number of hydrogen-bond acceptors (Lipinski definition) is 3. The van der Waals surface area contributed by atoms with Crippen LogP contribution >= 0.6 is 11.6 Å². The van der Waals surface area contributed by atoms with Gasteiger partial charge < -0.3 is 4.74 Å². The molecule has 0 unspecified atom stereocenters. The van der Waals surface area contributed by atoms with Gasteiger partial charge in [-0.05, 0) is 48.4 Å². The van der Waals surface area contributed by atoms with Gasteiger partial charge in [0, 0.05) is 0 Å². The van der Waals surface area contributed by atoms with E-state index in [1.807, 2.05) is 72.8 Å². The third-order valence-electron chi connectivity index (χ3n) is 3.65. The van der Waals surface area contributed by atoms with Crippen LogP contribution in [0.15, 0.2) is 77.9 Å². The van der Waals surface area contributed by atoms with Crippen molar-refractivity contribution in [3.63, 3.8) is 0 Å². The number of benzene rings is 3. The fourth-order valence-electron chi connectivity index (χ4n) is 2.26. The van der Waals surface area contributed by atoms with Crippen molar-refractivity contribution < 1.29 is 4.74 Å². The van der Waals surface area contributed by atoms with Crippen LogP contribution in [0.25, 0.3) is 0 Å². The number of anilines is 1. The van der Waals surface area contributed by atoms with Gasteiger partial charge in [-0.3, -0.25) is 5.43 Å². The molecule has 0 fully saturated rings. The van der Waals surface area contributed by atoms with Crippen molar-refractivity contribution in [2.75, 3.05) is 5.43 Å². The predicted octanol–water partition coefficient (Wildman–Crippen LogP) is 5.67. The van der Waals surface area contributed by atoms with Crippen LogP contribution in [0.5, 0.6) is 5.75 Å². The third-order valence-corrected chi connectivity index (χ3v) is 3.95. The molecule has 0 heterocycles. The molecular formula is C21H19ClN2O. The minimum atomic E-state index is 0.489. The van der Waals surface area contributed by atoms with Gasteiger partial charge in [-0.15, -0.1) is 0 Å². The quantitative estimate of drug-likeness (QED) is 0.458. The Morgan fingerprint density at radius 3 is 2.48 bits per heavy atom. The van der Waals surface area contributed by atoms with E-state index < -0.39 is 0 Å². The van der Waals surface area contributed by atoms with Crippen LogP contribution < -0.4 is 10.2 Å². The number of nitrogens with one attached hydrogen (secondary N) is 1. The van der Waals surface area contributed by atoms with E-state index in [2.05, 4.69) is 17.5 Å². The van der Waals surface area contributed by atoms with E-state index >= 15 is 0 Å². The number of halogens is 1. The second kappa shape index (κ2) is 8.36. The van der Waals surface area contributed by atoms with Gasteiger partial charge in [-0.25, -0.2) is 0 Å². The monoisotopic (exact) mass is 350 g/mol. The van der Waals surface area contributed by atoms with E-state index in [0.29, 0.717) is 17.4 Å². The van der Waals surface area contributed by atoms with Crippen molar-refractivity contribution in [2.24, 2.45) is 5.10 Å². The molecule has 3 rings (SSSR count). The van der Waals surface area contributed by atoms with Gasteiger partial charge in [-0.2, -0.15) is 5.10 Å². The summed E-state index contributed by atoms with van der Waals surface area (Å²) in [4.78, 5) is 0. The molecule has 0 amide bonds. The lowest BCUT2D eigenvalue weighted by Crippen LogP contribution is -1.96. The molecule has 0 radical (unpaired) electrons. The zero-order valence-corrected chi connectivity index (χ0v) is 14.7. The number of nitrogens with zero attached hydrogens (tertiary/aromatic N) is 1. The molecule has 1 N–H and O–H groups in total. The van der Waals surface area contributed by atoms with Gasteiger partial charge in [0.25, 0.3) is 0 Å². The van der Waals surface area contributed by atoms with Crippen molar-refractivity contribution in [3.05, 3.63) is 94.5 Å². The highest BCUT2D eigenvalue weighted by Gasteiger charge is 2.03. The average Bonchev–Trinajstić information content (AvgIpc) is 2.63. The van der Waals surface area contributed by atoms with Crippen LogP contribution in [-0.2, 0) is 6.61 Å². The highest BCUT2D eigenvalue weighted by molar-refractivity contribution is 6.32. The molecule has 0 aliphatic carbocycles. The molecule has 0 aromatic heterocycles. The lowest BCUT2D eigenvalue weighted by Gasteiger charge is -2.08. The summed E-state index contributed by atoms with van der Waals surface area (Å²) in [7, 11) is 0. The molecule has 0 aliphatic rings. The molecule has 3 nitrogen and oxygen atoms in total. The summed E-state index contributed by atoms with van der Waals surface area (Å²) in [6.07, 6.45) is 1.73. The first-order valence-corrected chi connectivity index (χ1v) is 8.40. The van der Waals surface area contributed by atoms with Crippen molar-refractivity contribution in [1.29, 1.82) is 0 Å². The van der Waals surface area contributed by atoms with Crippen LogP contribution in [0.3, 0.4) is 0 Å². The Bertz CT molecular complexity index is 846. The molecule has 0 bridgehead atoms. The maximum absolute atomic E-state index is 6.30. The molecular weight excluding hydrogens is 332 g/mol. The summed E-state index contributed by atoms with van der Waals surface area (Å²) in [5, 5.41) is 4.80. The van der Waals surface area contributed by atoms with E-state index in [1.54, 1.807) is 6.21 Å². The van der Waals surface area contributed by atoms with Crippen LogP contribution in [-0.4, -0.2) is 6.21 Å². The highest BCUT2D eigenvalue weighted by Crippen LogP contribution is 2.25. The second-order valence-corrected chi connectivity index (χ2v) is 6.11. The molecule has 0 spiro atoms. The molecule has 0 saturated carbocycles. The van der Waals surface area contributed by atoms with Crippen LogP contribution in [0.2, 0.25) is 5.02 Å². The molecule has 3 aromatic carbocycles. The minimum Gasteiger partial charge on any atom is -0.487 e. The van der Waals surface area contributed by atoms with Gasteiger partial charge >= 0.3 is 0 Å². The van der Waals surface area contributed by atoms with E-state index in [-0.39, 0.29) is 0 Å². The number of rotatable bonds is 6. The topological polar surface area (TPSA) is 33.6 Å². The van der Waals surface area contributed by atoms with E-state index in [0.717, 1.165) is 16.8 Å². The maximum Gasteiger partial charge on any atom is 0.138 e. The normalized spacial score (nSPS) is 10.8. The van der Waals surface area contributed by atoms with E-state index in [4.69, 9.17) is 16.3 Å². The first-order valence-electron chi connectivity index (χ1n) is 8.03. The maximum atomic E-state index is 6.30. The van der Waals surface area contributed by atoms with Crippen molar-refractivity contribution >= 4 is 23.5 Å². The second-order valence-electron chi connectivity index (χ2n) is 5.70. The van der Waals surface area contributed by atoms with Crippen LogP contribution in [0.1, 0.15) is 16.7 Å². The summed E-state index contributed by atoms with van der Waals surface area (Å²) in [5.41, 5.74) is 7.15. The molecule has 0 aliphatic heterocycles. The highest BCUT2D eigenvalue weighted by atomic mass is 35.5. The van der Waals surface area contributed by atoms with E-state index in [9.17, 15) is 0 Å². The minimum absolute atomic E-state index is 0.489. The van der Waals surface area contributed by atoms with Crippen LogP contribution in [0, 0.1) is 6.92 Å². The molecule has 0 saturated heterocycles. The molecule has 0 atom stereocenters. The lowest BCUT2D eigenvalue weighted by molar-refractivity contribution is 0.306. The zero-order valence-electron chi connectivity index (χ0n) is 13.9. The SMILES string of the molecule is Cc1ccc(N/N=C/c2ccc(OCc3ccccc3)c(Cl)c2)cc1. The van der Waals surface area contributed by atoms with Gasteiger partial charge in [0.15, 0.2) is 0 Å². The van der Waals surface area contributed by atoms with Gasteiger partial charge in [0.1, 0.15) is 12.4 Å². The summed E-state index contributed by atoms with van der Waals surface area (Å²) in [6.45, 7) is 2.54.